The summed E-state index contributed by atoms with van der Waals surface area (Å²) in [6, 6.07) is 29.4. The number of amides is 1. The first-order valence-electron chi connectivity index (χ1n) is 13.2. The van der Waals surface area contributed by atoms with Crippen molar-refractivity contribution in [1.29, 1.82) is 0 Å². The van der Waals surface area contributed by atoms with Crippen LogP contribution >= 0.6 is 0 Å². The molecule has 0 aliphatic carbocycles. The summed E-state index contributed by atoms with van der Waals surface area (Å²) in [5, 5.41) is 5.64. The third kappa shape index (κ3) is 5.80. The van der Waals surface area contributed by atoms with Crippen molar-refractivity contribution in [3.63, 3.8) is 0 Å². The van der Waals surface area contributed by atoms with Crippen molar-refractivity contribution in [3.8, 4) is 0 Å². The molecule has 0 aliphatic heterocycles. The van der Waals surface area contributed by atoms with E-state index in [1.165, 1.54) is 6.92 Å². The van der Waals surface area contributed by atoms with Gasteiger partial charge in [0.15, 0.2) is 0 Å². The molecule has 2 atom stereocenters. The molecule has 0 aliphatic rings. The first kappa shape index (κ1) is 26.8. The number of hydrogen-bond acceptors (Lipinski definition) is 5. The van der Waals surface area contributed by atoms with Crippen molar-refractivity contribution < 1.29 is 19.1 Å². The van der Waals surface area contributed by atoms with E-state index in [1.54, 1.807) is 6.20 Å². The van der Waals surface area contributed by atoms with Gasteiger partial charge in [0.05, 0.1) is 6.04 Å². The van der Waals surface area contributed by atoms with Crippen LogP contribution in [0.2, 0.25) is 0 Å². The normalized spacial score (nSPS) is 13.4. The van der Waals surface area contributed by atoms with Gasteiger partial charge in [-0.25, -0.2) is 4.79 Å². The number of alkyl carbamates (subject to hydrolysis) is 1. The molecule has 7 nitrogen and oxygen atoms in total. The maximum absolute atomic E-state index is 13.7. The lowest BCUT2D eigenvalue weighted by molar-refractivity contribution is -0.140. The van der Waals surface area contributed by atoms with Crippen molar-refractivity contribution >= 4 is 39.3 Å². The van der Waals surface area contributed by atoms with E-state index in [1.807, 2.05) is 97.1 Å². The van der Waals surface area contributed by atoms with E-state index in [0.29, 0.717) is 0 Å². The Kier molecular flexibility index (Phi) is 7.75. The largest absolute Gasteiger partial charge is 0.445 e. The number of rotatable bonds is 10. The van der Waals surface area contributed by atoms with Crippen LogP contribution in [0.1, 0.15) is 23.6 Å². The molecule has 40 heavy (non-hydrogen) atoms. The Morgan fingerprint density at radius 1 is 0.850 bits per heavy atom. The SMILES string of the molecule is CC(Cc1ccccc1)(NC(=O)OCc1cccc2ccccc12)C(=O)C(=O)[C@@H](N)Cc1c[nH]c2ccccc12. The fourth-order valence-corrected chi connectivity index (χ4v) is 5.08. The highest BCUT2D eigenvalue weighted by Gasteiger charge is 2.41. The first-order chi connectivity index (χ1) is 19.3. The van der Waals surface area contributed by atoms with Crippen molar-refractivity contribution in [1.82, 2.24) is 10.3 Å². The zero-order valence-corrected chi connectivity index (χ0v) is 22.2. The number of Topliss-reactive ketones (excluding diaryl/α,β-unsaturated/α-hetero) is 2. The number of nitrogens with one attached hydrogen (secondary N) is 2. The second kappa shape index (κ2) is 11.6. The molecule has 1 unspecified atom stereocenters. The van der Waals surface area contributed by atoms with Crippen LogP contribution in [0.5, 0.6) is 0 Å². The molecule has 0 fully saturated rings. The molecule has 0 spiro atoms. The molecular formula is C33H31N3O4. The van der Waals surface area contributed by atoms with Crippen molar-refractivity contribution in [2.45, 2.75) is 38.0 Å². The predicted molar refractivity (Wildman–Crippen MR) is 156 cm³/mol. The minimum absolute atomic E-state index is 0.0107. The summed E-state index contributed by atoms with van der Waals surface area (Å²) in [5.74, 6) is -1.52. The zero-order valence-electron chi connectivity index (χ0n) is 22.2. The lowest BCUT2D eigenvalue weighted by atomic mass is 9.84. The molecule has 1 aromatic heterocycles. The lowest BCUT2D eigenvalue weighted by Gasteiger charge is -2.29. The Labute approximate surface area is 232 Å². The predicted octanol–water partition coefficient (Wildman–Crippen LogP) is 5.26. The average Bonchev–Trinajstić information content (AvgIpc) is 3.38. The molecule has 0 radical (unpaired) electrons. The standard InChI is InChI=1S/C33H31N3O4/c1-33(19-22-10-3-2-4-11-22,36-32(39)40-21-24-14-9-13-23-12-5-6-15-26(23)24)31(38)30(37)28(34)18-25-20-35-29-17-8-7-16-27(25)29/h2-17,20,28,35H,18-19,21,34H2,1H3,(H,36,39)/t28-,33?/m0/s1. The average molecular weight is 534 g/mol. The molecule has 5 rings (SSSR count). The van der Waals surface area contributed by atoms with Gasteiger partial charge in [-0.3, -0.25) is 9.59 Å². The number of H-pyrrole nitrogens is 1. The van der Waals surface area contributed by atoms with Crippen LogP contribution in [0.25, 0.3) is 21.7 Å². The Bertz CT molecular complexity index is 1670. The number of ether oxygens (including phenoxy) is 1. The monoisotopic (exact) mass is 533 g/mol. The number of aromatic nitrogens is 1. The van der Waals surface area contributed by atoms with E-state index in [2.05, 4.69) is 10.3 Å². The number of fused-ring (bicyclic) bond motifs is 2. The van der Waals surface area contributed by atoms with Crippen molar-refractivity contribution in [3.05, 3.63) is 120 Å². The van der Waals surface area contributed by atoms with E-state index < -0.39 is 29.2 Å². The lowest BCUT2D eigenvalue weighted by Crippen LogP contribution is -2.58. The molecule has 4 aromatic carbocycles. The summed E-state index contributed by atoms with van der Waals surface area (Å²) in [6.07, 6.45) is 1.29. The number of carbonyl (C=O) groups is 3. The van der Waals surface area contributed by atoms with Crippen molar-refractivity contribution in [2.75, 3.05) is 0 Å². The topological polar surface area (TPSA) is 114 Å². The van der Waals surface area contributed by atoms with E-state index >= 15 is 0 Å². The molecule has 0 saturated carbocycles. The van der Waals surface area contributed by atoms with Gasteiger partial charge < -0.3 is 20.8 Å². The molecule has 5 aromatic rings. The van der Waals surface area contributed by atoms with Crippen LogP contribution in [0, 0.1) is 0 Å². The van der Waals surface area contributed by atoms with Crippen LogP contribution in [-0.2, 0) is 33.8 Å². The highest BCUT2D eigenvalue weighted by Crippen LogP contribution is 2.22. The highest BCUT2D eigenvalue weighted by molar-refractivity contribution is 6.42. The zero-order chi connectivity index (χ0) is 28.1. The molecule has 1 heterocycles. The summed E-state index contributed by atoms with van der Waals surface area (Å²) < 4.78 is 5.54. The maximum atomic E-state index is 13.7. The Hall–Kier alpha value is -4.75. The summed E-state index contributed by atoms with van der Waals surface area (Å²) in [4.78, 5) is 43.2. The van der Waals surface area contributed by atoms with E-state index in [9.17, 15) is 14.4 Å². The van der Waals surface area contributed by atoms with Crippen LogP contribution in [0.15, 0.2) is 103 Å². The molecule has 4 N–H and O–H groups in total. The number of para-hydroxylation sites is 1. The van der Waals surface area contributed by atoms with Gasteiger partial charge in [-0.1, -0.05) is 91.0 Å². The van der Waals surface area contributed by atoms with Gasteiger partial charge in [-0.05, 0) is 46.9 Å². The Morgan fingerprint density at radius 2 is 1.52 bits per heavy atom. The molecule has 1 amide bonds. The highest BCUT2D eigenvalue weighted by atomic mass is 16.5. The second-order valence-electron chi connectivity index (χ2n) is 10.2. The number of hydrogen-bond donors (Lipinski definition) is 3. The Morgan fingerprint density at radius 3 is 2.33 bits per heavy atom. The number of ketones is 2. The van der Waals surface area contributed by atoms with Crippen molar-refractivity contribution in [2.24, 2.45) is 5.73 Å². The van der Waals surface area contributed by atoms with Gasteiger partial charge >= 0.3 is 6.09 Å². The van der Waals surface area contributed by atoms with Gasteiger partial charge in [0.25, 0.3) is 0 Å². The van der Waals surface area contributed by atoms with Gasteiger partial charge in [-0.2, -0.15) is 0 Å². The summed E-state index contributed by atoms with van der Waals surface area (Å²) in [7, 11) is 0. The smallest absolute Gasteiger partial charge is 0.408 e. The van der Waals surface area contributed by atoms with Crippen LogP contribution in [0.3, 0.4) is 0 Å². The molecule has 0 saturated heterocycles. The van der Waals surface area contributed by atoms with Crippen LogP contribution in [-0.4, -0.2) is 34.2 Å². The number of carbonyl (C=O) groups excluding carboxylic acids is 3. The van der Waals surface area contributed by atoms with E-state index in [4.69, 9.17) is 10.5 Å². The van der Waals surface area contributed by atoms with Gasteiger partial charge in [0.1, 0.15) is 12.1 Å². The van der Waals surface area contributed by atoms with E-state index in [0.717, 1.165) is 38.4 Å². The second-order valence-corrected chi connectivity index (χ2v) is 10.2. The molecular weight excluding hydrogens is 502 g/mol. The number of aromatic amines is 1. The molecule has 202 valence electrons. The van der Waals surface area contributed by atoms with Gasteiger partial charge in [0.2, 0.25) is 11.6 Å². The van der Waals surface area contributed by atoms with Crippen LogP contribution < -0.4 is 11.1 Å². The molecule has 0 bridgehead atoms. The number of benzene rings is 4. The summed E-state index contributed by atoms with van der Waals surface area (Å²) in [6.45, 7) is 1.55. The summed E-state index contributed by atoms with van der Waals surface area (Å²) >= 11 is 0. The Balaban J connectivity index is 1.33. The van der Waals surface area contributed by atoms with Gasteiger partial charge in [-0.15, -0.1) is 0 Å². The quantitative estimate of drug-likeness (QED) is 0.212. The molecule has 7 heteroatoms. The minimum Gasteiger partial charge on any atom is -0.445 e. The third-order valence-corrected chi connectivity index (χ3v) is 7.19. The first-order valence-corrected chi connectivity index (χ1v) is 13.2. The van der Waals surface area contributed by atoms with Crippen LogP contribution in [0.4, 0.5) is 4.79 Å². The number of nitrogens with two attached hydrogens (primary N) is 1. The fraction of sp³-hybridized carbons (Fsp3) is 0.182. The third-order valence-electron chi connectivity index (χ3n) is 7.19. The van der Waals surface area contributed by atoms with E-state index in [-0.39, 0.29) is 19.4 Å². The van der Waals surface area contributed by atoms with Gasteiger partial charge in [0, 0.05) is 23.5 Å². The fourth-order valence-electron chi connectivity index (χ4n) is 5.08. The minimum atomic E-state index is -1.56. The summed E-state index contributed by atoms with van der Waals surface area (Å²) in [5.41, 5.74) is 8.10. The maximum Gasteiger partial charge on any atom is 0.408 e.